The Morgan fingerprint density at radius 2 is 1.74 bits per heavy atom. The summed E-state index contributed by atoms with van der Waals surface area (Å²) in [7, 11) is -1.14. The van der Waals surface area contributed by atoms with Crippen LogP contribution in [-0.2, 0) is 0 Å². The zero-order valence-electron chi connectivity index (χ0n) is 21.2. The van der Waals surface area contributed by atoms with Crippen LogP contribution in [0.5, 0.6) is 0 Å². The van der Waals surface area contributed by atoms with Crippen molar-refractivity contribution in [2.45, 2.75) is 128 Å². The van der Waals surface area contributed by atoms with Crippen LogP contribution in [0.4, 0.5) is 0 Å². The van der Waals surface area contributed by atoms with Gasteiger partial charge in [-0.3, -0.25) is 0 Å². The molecule has 2 atom stereocenters. The molecule has 0 saturated heterocycles. The summed E-state index contributed by atoms with van der Waals surface area (Å²) in [4.78, 5) is 0. The molecule has 1 aliphatic carbocycles. The minimum atomic E-state index is -1.14. The van der Waals surface area contributed by atoms with Gasteiger partial charge in [0, 0.05) is 13.6 Å². The summed E-state index contributed by atoms with van der Waals surface area (Å²) in [5.74, 6) is 1.65. The molecule has 0 radical (unpaired) electrons. The first-order chi connectivity index (χ1) is 14.8. The lowest BCUT2D eigenvalue weighted by Gasteiger charge is -2.31. The first kappa shape index (κ1) is 26.4. The lowest BCUT2D eigenvalue weighted by Crippen LogP contribution is -2.38. The van der Waals surface area contributed by atoms with Crippen LogP contribution < -0.4 is 5.73 Å². The Balaban J connectivity index is 1.95. The van der Waals surface area contributed by atoms with Gasteiger partial charge in [-0.05, 0) is 43.1 Å². The highest BCUT2D eigenvalue weighted by molar-refractivity contribution is 6.76. The maximum atomic E-state index is 7.07. The van der Waals surface area contributed by atoms with Crippen molar-refractivity contribution in [3.63, 3.8) is 0 Å². The van der Waals surface area contributed by atoms with Crippen LogP contribution in [0, 0.1) is 5.92 Å². The molecule has 0 amide bonds. The van der Waals surface area contributed by atoms with Gasteiger partial charge in [-0.2, -0.15) is 0 Å². The zero-order chi connectivity index (χ0) is 22.6. The van der Waals surface area contributed by atoms with E-state index < -0.39 is 8.07 Å². The highest BCUT2D eigenvalue weighted by atomic mass is 28.3. The van der Waals surface area contributed by atoms with Gasteiger partial charge < -0.3 is 5.73 Å². The molecule has 31 heavy (non-hydrogen) atoms. The molecule has 0 bridgehead atoms. The van der Waals surface area contributed by atoms with Crippen LogP contribution in [0.15, 0.2) is 42.5 Å². The van der Waals surface area contributed by atoms with Gasteiger partial charge in [-0.15, -0.1) is 0 Å². The van der Waals surface area contributed by atoms with E-state index in [0.717, 1.165) is 25.2 Å². The van der Waals surface area contributed by atoms with E-state index in [4.69, 9.17) is 5.73 Å². The van der Waals surface area contributed by atoms with Gasteiger partial charge in [-0.1, -0.05) is 133 Å². The highest BCUT2D eigenvalue weighted by Gasteiger charge is 2.27. The van der Waals surface area contributed by atoms with Crippen molar-refractivity contribution in [2.24, 2.45) is 11.7 Å². The number of hydrogen-bond acceptors (Lipinski definition) is 1. The second-order valence-corrected chi connectivity index (χ2v) is 17.1. The molecule has 0 aromatic heterocycles. The standard InChI is InChI=1S/C29H51NSi/c1-5-6-14-22-29(30,23-15-13-18-26-16-9-7-10-17-26)24-21-28(25-31(2,3)4)27-19-11-8-12-20-27/h8,11-12,14,19-20,22,26,28H,5-7,9-10,13,15-18,21,23-25,30H2,1-4H3/b22-14+. The molecule has 2 unspecified atom stereocenters. The smallest absolute Gasteiger partial charge is 0.0448 e. The Labute approximate surface area is 195 Å². The van der Waals surface area contributed by atoms with Gasteiger partial charge >= 0.3 is 0 Å². The molecule has 1 aromatic carbocycles. The molecule has 1 nitrogen and oxygen atoms in total. The SMILES string of the molecule is CCC/C=C/C(N)(CCCCC1CCCCC1)CCC(C[Si](C)(C)C)c1ccccc1. The molecule has 1 aliphatic rings. The van der Waals surface area contributed by atoms with E-state index in [1.807, 2.05) is 0 Å². The molecule has 1 fully saturated rings. The van der Waals surface area contributed by atoms with E-state index in [2.05, 4.69) is 69.0 Å². The number of allylic oxidation sites excluding steroid dienone is 1. The maximum Gasteiger partial charge on any atom is 0.0448 e. The van der Waals surface area contributed by atoms with Gasteiger partial charge in [0.15, 0.2) is 0 Å². The third kappa shape index (κ3) is 11.0. The molecule has 2 heteroatoms. The summed E-state index contributed by atoms with van der Waals surface area (Å²) < 4.78 is 0. The number of benzene rings is 1. The van der Waals surface area contributed by atoms with Crippen molar-refractivity contribution in [2.75, 3.05) is 0 Å². The Kier molecular flexibility index (Phi) is 11.6. The summed E-state index contributed by atoms with van der Waals surface area (Å²) in [5.41, 5.74) is 8.46. The minimum absolute atomic E-state index is 0.131. The number of nitrogens with two attached hydrogens (primary N) is 1. The topological polar surface area (TPSA) is 26.0 Å². The fourth-order valence-electron chi connectivity index (χ4n) is 5.43. The first-order valence-electron chi connectivity index (χ1n) is 13.3. The molecular weight excluding hydrogens is 390 g/mol. The molecule has 1 aromatic rings. The molecule has 0 heterocycles. The molecular formula is C29H51NSi. The normalized spacial score (nSPS) is 18.9. The summed E-state index contributed by atoms with van der Waals surface area (Å²) in [6.07, 6.45) is 22.0. The second-order valence-electron chi connectivity index (χ2n) is 11.6. The molecule has 0 spiro atoms. The Bertz CT molecular complexity index is 611. The quantitative estimate of drug-likeness (QED) is 0.174. The third-order valence-corrected chi connectivity index (χ3v) is 8.94. The first-order valence-corrected chi connectivity index (χ1v) is 17.0. The predicted molar refractivity (Wildman–Crippen MR) is 143 cm³/mol. The van der Waals surface area contributed by atoms with Gasteiger partial charge in [-0.25, -0.2) is 0 Å². The van der Waals surface area contributed by atoms with Crippen LogP contribution >= 0.6 is 0 Å². The van der Waals surface area contributed by atoms with Gasteiger partial charge in [0.25, 0.3) is 0 Å². The monoisotopic (exact) mass is 441 g/mol. The lowest BCUT2D eigenvalue weighted by molar-refractivity contribution is 0.320. The van der Waals surface area contributed by atoms with E-state index in [-0.39, 0.29) is 5.54 Å². The zero-order valence-corrected chi connectivity index (χ0v) is 22.2. The summed E-state index contributed by atoms with van der Waals surface area (Å²) in [6.45, 7) is 9.77. The average Bonchev–Trinajstić information content (AvgIpc) is 2.75. The fraction of sp³-hybridized carbons (Fsp3) is 0.724. The van der Waals surface area contributed by atoms with Crippen molar-refractivity contribution < 1.29 is 0 Å². The van der Waals surface area contributed by atoms with Gasteiger partial charge in [0.2, 0.25) is 0 Å². The number of hydrogen-bond donors (Lipinski definition) is 1. The van der Waals surface area contributed by atoms with Crippen LogP contribution in [0.25, 0.3) is 0 Å². The van der Waals surface area contributed by atoms with E-state index in [1.54, 1.807) is 0 Å². The van der Waals surface area contributed by atoms with Crippen molar-refractivity contribution in [1.82, 2.24) is 0 Å². The minimum Gasteiger partial charge on any atom is -0.322 e. The second kappa shape index (κ2) is 13.6. The lowest BCUT2D eigenvalue weighted by atomic mass is 9.82. The van der Waals surface area contributed by atoms with E-state index in [9.17, 15) is 0 Å². The van der Waals surface area contributed by atoms with Crippen LogP contribution in [0.3, 0.4) is 0 Å². The molecule has 1 saturated carbocycles. The van der Waals surface area contributed by atoms with E-state index in [1.165, 1.54) is 75.8 Å². The van der Waals surface area contributed by atoms with Crippen molar-refractivity contribution >= 4 is 8.07 Å². The van der Waals surface area contributed by atoms with E-state index >= 15 is 0 Å². The summed E-state index contributed by atoms with van der Waals surface area (Å²) >= 11 is 0. The van der Waals surface area contributed by atoms with Gasteiger partial charge in [0.05, 0.1) is 0 Å². The van der Waals surface area contributed by atoms with E-state index in [0.29, 0.717) is 5.92 Å². The fourth-order valence-corrected chi connectivity index (χ4v) is 7.35. The van der Waals surface area contributed by atoms with Crippen LogP contribution in [0.2, 0.25) is 25.7 Å². The highest BCUT2D eigenvalue weighted by Crippen LogP contribution is 2.34. The van der Waals surface area contributed by atoms with Crippen molar-refractivity contribution in [3.8, 4) is 0 Å². The van der Waals surface area contributed by atoms with Crippen LogP contribution in [0.1, 0.15) is 102 Å². The summed E-state index contributed by atoms with van der Waals surface area (Å²) in [5, 5.41) is 0. The average molecular weight is 442 g/mol. The largest absolute Gasteiger partial charge is 0.322 e. The molecule has 2 N–H and O–H groups in total. The summed E-state index contributed by atoms with van der Waals surface area (Å²) in [6, 6.07) is 12.6. The van der Waals surface area contributed by atoms with Crippen LogP contribution in [-0.4, -0.2) is 13.6 Å². The maximum absolute atomic E-state index is 7.07. The van der Waals surface area contributed by atoms with Crippen molar-refractivity contribution in [1.29, 1.82) is 0 Å². The molecule has 2 rings (SSSR count). The number of unbranched alkanes of at least 4 members (excludes halogenated alkanes) is 2. The van der Waals surface area contributed by atoms with Crippen molar-refractivity contribution in [3.05, 3.63) is 48.0 Å². The predicted octanol–water partition coefficient (Wildman–Crippen LogP) is 9.08. The Morgan fingerprint density at radius 1 is 1.03 bits per heavy atom. The third-order valence-electron chi connectivity index (χ3n) is 7.22. The molecule has 176 valence electrons. The Hall–Kier alpha value is -0.863. The van der Waals surface area contributed by atoms with Gasteiger partial charge in [0.1, 0.15) is 0 Å². The number of rotatable bonds is 14. The Morgan fingerprint density at radius 3 is 2.39 bits per heavy atom. The molecule has 0 aliphatic heterocycles.